The maximum absolute atomic E-state index is 12.3. The van der Waals surface area contributed by atoms with Gasteiger partial charge in [0.15, 0.2) is 0 Å². The quantitative estimate of drug-likeness (QED) is 0.598. The minimum Gasteiger partial charge on any atom is -0.378 e. The number of ether oxygens (including phenoxy) is 1. The van der Waals surface area contributed by atoms with Crippen LogP contribution in [-0.2, 0) is 16.1 Å². The summed E-state index contributed by atoms with van der Waals surface area (Å²) in [6.07, 6.45) is 0. The molecule has 0 unspecified atom stereocenters. The van der Waals surface area contributed by atoms with Crippen LogP contribution >= 0.6 is 11.8 Å². The van der Waals surface area contributed by atoms with E-state index in [9.17, 15) is 4.79 Å². The van der Waals surface area contributed by atoms with Crippen LogP contribution in [0.2, 0.25) is 0 Å². The van der Waals surface area contributed by atoms with E-state index < -0.39 is 0 Å². The minimum absolute atomic E-state index is 0.0941. The molecule has 0 saturated carbocycles. The summed E-state index contributed by atoms with van der Waals surface area (Å²) >= 11 is 1.32. The van der Waals surface area contributed by atoms with Gasteiger partial charge in [-0.3, -0.25) is 4.79 Å². The van der Waals surface area contributed by atoms with Gasteiger partial charge >= 0.3 is 0 Å². The van der Waals surface area contributed by atoms with Gasteiger partial charge in [0, 0.05) is 24.5 Å². The van der Waals surface area contributed by atoms with Crippen LogP contribution in [0.25, 0.3) is 0 Å². The van der Waals surface area contributed by atoms with Gasteiger partial charge in [0.25, 0.3) is 0 Å². The minimum atomic E-state index is -0.0941. The second-order valence-electron chi connectivity index (χ2n) is 6.59. The molecule has 9 heteroatoms. The number of carbonyl (C=O) groups is 1. The van der Waals surface area contributed by atoms with Crippen LogP contribution in [0.5, 0.6) is 0 Å². The fraction of sp³-hybridized carbons (Fsp3) is 0.300. The number of anilines is 2. The van der Waals surface area contributed by atoms with Gasteiger partial charge in [0.2, 0.25) is 11.1 Å². The van der Waals surface area contributed by atoms with Crippen LogP contribution in [0.1, 0.15) is 5.56 Å². The maximum atomic E-state index is 12.3. The number of hydrogen-bond acceptors (Lipinski definition) is 7. The molecule has 0 radical (unpaired) electrons. The van der Waals surface area contributed by atoms with Crippen molar-refractivity contribution in [1.29, 1.82) is 0 Å². The zero-order valence-electron chi connectivity index (χ0n) is 15.9. The normalized spacial score (nSPS) is 14.0. The van der Waals surface area contributed by atoms with E-state index in [4.69, 9.17) is 4.74 Å². The lowest BCUT2D eigenvalue weighted by atomic mass is 10.2. The van der Waals surface area contributed by atoms with Gasteiger partial charge in [0.05, 0.1) is 25.5 Å². The average molecular weight is 411 g/mol. The molecular formula is C20H22N6O2S. The third-order valence-corrected chi connectivity index (χ3v) is 5.49. The van der Waals surface area contributed by atoms with Crippen LogP contribution in [-0.4, -0.2) is 58.2 Å². The molecule has 29 heavy (non-hydrogen) atoms. The standard InChI is InChI=1S/C20H22N6O2S/c27-19(21-17-6-8-18(9-7-17)25-10-12-28-13-11-25)15-29-20-22-23-24-26(20)14-16-4-2-1-3-5-16/h1-9H,10-15H2,(H,21,27). The maximum Gasteiger partial charge on any atom is 0.234 e. The van der Waals surface area contributed by atoms with Crippen molar-refractivity contribution in [3.63, 3.8) is 0 Å². The first-order chi connectivity index (χ1) is 14.3. The van der Waals surface area contributed by atoms with Crippen molar-refractivity contribution in [3.8, 4) is 0 Å². The molecule has 0 aliphatic carbocycles. The highest BCUT2D eigenvalue weighted by Crippen LogP contribution is 2.20. The largest absolute Gasteiger partial charge is 0.378 e. The Morgan fingerprint density at radius 3 is 2.59 bits per heavy atom. The number of tetrazole rings is 1. The molecule has 0 atom stereocenters. The molecule has 2 heterocycles. The Labute approximate surface area is 173 Å². The molecule has 1 aliphatic heterocycles. The topological polar surface area (TPSA) is 85.2 Å². The number of thioether (sulfide) groups is 1. The molecule has 1 fully saturated rings. The number of benzene rings is 2. The van der Waals surface area contributed by atoms with E-state index in [0.29, 0.717) is 11.7 Å². The third kappa shape index (κ3) is 5.33. The first-order valence-electron chi connectivity index (χ1n) is 9.43. The Balaban J connectivity index is 1.29. The van der Waals surface area contributed by atoms with Gasteiger partial charge in [-0.15, -0.1) is 5.10 Å². The van der Waals surface area contributed by atoms with E-state index in [1.165, 1.54) is 11.8 Å². The highest BCUT2D eigenvalue weighted by Gasteiger charge is 2.13. The van der Waals surface area contributed by atoms with Crippen molar-refractivity contribution >= 4 is 29.0 Å². The zero-order valence-corrected chi connectivity index (χ0v) is 16.7. The number of morpholine rings is 1. The summed E-state index contributed by atoms with van der Waals surface area (Å²) in [6, 6.07) is 17.8. The number of amides is 1. The number of carbonyl (C=O) groups excluding carboxylic acids is 1. The summed E-state index contributed by atoms with van der Waals surface area (Å²) in [5.74, 6) is 0.142. The van der Waals surface area contributed by atoms with E-state index in [2.05, 4.69) is 25.7 Å². The Hall–Kier alpha value is -2.91. The van der Waals surface area contributed by atoms with Crippen molar-refractivity contribution in [1.82, 2.24) is 20.2 Å². The zero-order chi connectivity index (χ0) is 19.9. The van der Waals surface area contributed by atoms with E-state index >= 15 is 0 Å². The van der Waals surface area contributed by atoms with E-state index in [-0.39, 0.29) is 11.7 Å². The summed E-state index contributed by atoms with van der Waals surface area (Å²) in [5, 5.41) is 15.3. The molecule has 4 rings (SSSR count). The number of nitrogens with zero attached hydrogens (tertiary/aromatic N) is 5. The van der Waals surface area contributed by atoms with Gasteiger partial charge in [-0.1, -0.05) is 42.1 Å². The predicted octanol–water partition coefficient (Wildman–Crippen LogP) is 2.29. The fourth-order valence-corrected chi connectivity index (χ4v) is 3.74. The van der Waals surface area contributed by atoms with Gasteiger partial charge in [0.1, 0.15) is 0 Å². The smallest absolute Gasteiger partial charge is 0.234 e. The Morgan fingerprint density at radius 1 is 1.07 bits per heavy atom. The molecule has 8 nitrogen and oxygen atoms in total. The van der Waals surface area contributed by atoms with Crippen LogP contribution in [0.3, 0.4) is 0 Å². The molecular weight excluding hydrogens is 388 g/mol. The van der Waals surface area contributed by atoms with E-state index in [1.807, 2.05) is 54.6 Å². The third-order valence-electron chi connectivity index (χ3n) is 4.53. The molecule has 0 bridgehead atoms. The first-order valence-corrected chi connectivity index (χ1v) is 10.4. The van der Waals surface area contributed by atoms with Crippen molar-refractivity contribution in [2.45, 2.75) is 11.7 Å². The summed E-state index contributed by atoms with van der Waals surface area (Å²) < 4.78 is 7.08. The molecule has 1 aromatic heterocycles. The van der Waals surface area contributed by atoms with E-state index in [1.54, 1.807) is 4.68 Å². The lowest BCUT2D eigenvalue weighted by Crippen LogP contribution is -2.36. The van der Waals surface area contributed by atoms with E-state index in [0.717, 1.165) is 43.2 Å². The molecule has 1 amide bonds. The second-order valence-corrected chi connectivity index (χ2v) is 7.53. The Morgan fingerprint density at radius 2 is 1.83 bits per heavy atom. The number of aromatic nitrogens is 4. The van der Waals surface area contributed by atoms with Gasteiger partial charge in [-0.2, -0.15) is 0 Å². The molecule has 1 N–H and O–H groups in total. The van der Waals surface area contributed by atoms with Crippen LogP contribution in [0.4, 0.5) is 11.4 Å². The molecule has 150 valence electrons. The van der Waals surface area contributed by atoms with Gasteiger partial charge in [-0.05, 0) is 40.3 Å². The van der Waals surface area contributed by atoms with Crippen molar-refractivity contribution in [2.75, 3.05) is 42.3 Å². The Bertz CT molecular complexity index is 926. The molecule has 2 aromatic carbocycles. The summed E-state index contributed by atoms with van der Waals surface area (Å²) in [7, 11) is 0. The molecule has 3 aromatic rings. The summed E-state index contributed by atoms with van der Waals surface area (Å²) in [4.78, 5) is 14.6. The first kappa shape index (κ1) is 19.4. The van der Waals surface area contributed by atoms with Gasteiger partial charge in [-0.25, -0.2) is 4.68 Å². The highest BCUT2D eigenvalue weighted by atomic mass is 32.2. The highest BCUT2D eigenvalue weighted by molar-refractivity contribution is 7.99. The number of hydrogen-bond donors (Lipinski definition) is 1. The predicted molar refractivity (Wildman–Crippen MR) is 112 cm³/mol. The fourth-order valence-electron chi connectivity index (χ4n) is 3.06. The monoisotopic (exact) mass is 410 g/mol. The Kier molecular flexibility index (Phi) is 6.38. The molecule has 1 saturated heterocycles. The second kappa shape index (κ2) is 9.53. The SMILES string of the molecule is O=C(CSc1nnnn1Cc1ccccc1)Nc1ccc(N2CCOCC2)cc1. The average Bonchev–Trinajstić information content (AvgIpc) is 3.21. The van der Waals surface area contributed by atoms with Crippen LogP contribution in [0.15, 0.2) is 59.8 Å². The van der Waals surface area contributed by atoms with Crippen molar-refractivity contribution in [2.24, 2.45) is 0 Å². The van der Waals surface area contributed by atoms with Crippen molar-refractivity contribution < 1.29 is 9.53 Å². The summed E-state index contributed by atoms with van der Waals surface area (Å²) in [5.41, 5.74) is 3.02. The number of rotatable bonds is 7. The molecule has 1 aliphatic rings. The van der Waals surface area contributed by atoms with Crippen LogP contribution < -0.4 is 10.2 Å². The number of nitrogens with one attached hydrogen (secondary N) is 1. The lowest BCUT2D eigenvalue weighted by Gasteiger charge is -2.28. The molecule has 0 spiro atoms. The summed E-state index contributed by atoms with van der Waals surface area (Å²) in [6.45, 7) is 3.85. The lowest BCUT2D eigenvalue weighted by molar-refractivity contribution is -0.113. The van der Waals surface area contributed by atoms with Gasteiger partial charge < -0.3 is 15.0 Å². The van der Waals surface area contributed by atoms with Crippen molar-refractivity contribution in [3.05, 3.63) is 60.2 Å². The van der Waals surface area contributed by atoms with Crippen LogP contribution in [0, 0.1) is 0 Å².